The number of nitro groups is 1. The second-order valence-electron chi connectivity index (χ2n) is 4.92. The third-order valence-electron chi connectivity index (χ3n) is 2.99. The third-order valence-corrected chi connectivity index (χ3v) is 4.25. The van der Waals surface area contributed by atoms with Crippen LogP contribution in [0, 0.1) is 10.1 Å². The van der Waals surface area contributed by atoms with Crippen molar-refractivity contribution in [3.05, 3.63) is 69.8 Å². The molecule has 0 aromatic heterocycles. The summed E-state index contributed by atoms with van der Waals surface area (Å²) in [5, 5.41) is 10.7. The number of nitro benzene ring substituents is 1. The lowest BCUT2D eigenvalue weighted by Gasteiger charge is -2.09. The normalized spacial score (nSPS) is 11.2. The summed E-state index contributed by atoms with van der Waals surface area (Å²) in [6, 6.07) is 12.4. The van der Waals surface area contributed by atoms with E-state index in [9.17, 15) is 18.5 Å². The van der Waals surface area contributed by atoms with Gasteiger partial charge in [-0.25, -0.2) is 8.42 Å². The quantitative estimate of drug-likeness (QED) is 0.619. The molecular weight excluding hydrogens is 320 g/mol. The molecule has 0 aliphatic heterocycles. The van der Waals surface area contributed by atoms with Crippen LogP contribution in [-0.4, -0.2) is 20.5 Å². The molecule has 0 bridgehead atoms. The summed E-state index contributed by atoms with van der Waals surface area (Å²) < 4.78 is 31.9. The highest BCUT2D eigenvalue weighted by Crippen LogP contribution is 2.18. The van der Waals surface area contributed by atoms with Crippen LogP contribution in [0.15, 0.2) is 48.5 Å². The predicted octanol–water partition coefficient (Wildman–Crippen LogP) is 2.68. The van der Waals surface area contributed by atoms with E-state index >= 15 is 0 Å². The van der Waals surface area contributed by atoms with Crippen LogP contribution in [0.5, 0.6) is 0 Å². The molecule has 1 N–H and O–H groups in total. The monoisotopic (exact) mass is 336 g/mol. The van der Waals surface area contributed by atoms with Crippen molar-refractivity contribution in [3.63, 3.8) is 0 Å². The highest BCUT2D eigenvalue weighted by atomic mass is 32.2. The van der Waals surface area contributed by atoms with Crippen LogP contribution < -0.4 is 4.72 Å². The Bertz CT molecular complexity index is 805. The number of nitrogens with one attached hydrogen (secondary N) is 1. The highest BCUT2D eigenvalue weighted by Gasteiger charge is 2.14. The van der Waals surface area contributed by atoms with Crippen molar-refractivity contribution in [2.75, 3.05) is 11.8 Å². The maximum Gasteiger partial charge on any atom is 0.269 e. The SMILES string of the molecule is COCc1cccc(NS(=O)(=O)Cc2cccc([N+](=O)[O-])c2)c1. The van der Waals surface area contributed by atoms with Gasteiger partial charge in [0.1, 0.15) is 0 Å². The summed E-state index contributed by atoms with van der Waals surface area (Å²) in [5.74, 6) is -0.344. The van der Waals surface area contributed by atoms with E-state index in [-0.39, 0.29) is 11.4 Å². The molecule has 122 valence electrons. The minimum Gasteiger partial charge on any atom is -0.380 e. The van der Waals surface area contributed by atoms with Gasteiger partial charge in [0, 0.05) is 24.9 Å². The number of non-ortho nitro benzene ring substituents is 1. The van der Waals surface area contributed by atoms with Crippen molar-refractivity contribution in [1.82, 2.24) is 0 Å². The summed E-state index contributed by atoms with van der Waals surface area (Å²) >= 11 is 0. The summed E-state index contributed by atoms with van der Waals surface area (Å²) in [4.78, 5) is 10.2. The molecule has 2 aromatic carbocycles. The zero-order valence-electron chi connectivity index (χ0n) is 12.4. The molecule has 0 aliphatic carbocycles. The molecule has 0 aliphatic rings. The van der Waals surface area contributed by atoms with Crippen molar-refractivity contribution in [3.8, 4) is 0 Å². The van der Waals surface area contributed by atoms with Gasteiger partial charge in [-0.15, -0.1) is 0 Å². The first kappa shape index (κ1) is 16.9. The molecule has 0 amide bonds. The van der Waals surface area contributed by atoms with Crippen molar-refractivity contribution < 1.29 is 18.1 Å². The van der Waals surface area contributed by atoms with Crippen LogP contribution in [-0.2, 0) is 27.1 Å². The Morgan fingerprint density at radius 2 is 1.83 bits per heavy atom. The van der Waals surface area contributed by atoms with Gasteiger partial charge in [-0.1, -0.05) is 24.3 Å². The van der Waals surface area contributed by atoms with Crippen LogP contribution in [0.3, 0.4) is 0 Å². The van der Waals surface area contributed by atoms with Crippen molar-refractivity contribution in [2.24, 2.45) is 0 Å². The maximum absolute atomic E-state index is 12.2. The van der Waals surface area contributed by atoms with Gasteiger partial charge in [0.05, 0.1) is 17.3 Å². The zero-order chi connectivity index (χ0) is 16.9. The molecule has 23 heavy (non-hydrogen) atoms. The molecule has 0 radical (unpaired) electrons. The van der Waals surface area contributed by atoms with Gasteiger partial charge < -0.3 is 4.74 Å². The van der Waals surface area contributed by atoms with E-state index in [1.165, 1.54) is 24.3 Å². The molecule has 2 rings (SSSR count). The van der Waals surface area contributed by atoms with E-state index in [1.807, 2.05) is 6.07 Å². The average molecular weight is 336 g/mol. The van der Waals surface area contributed by atoms with Crippen LogP contribution in [0.25, 0.3) is 0 Å². The summed E-state index contributed by atoms with van der Waals surface area (Å²) in [5.41, 5.74) is 1.47. The topological polar surface area (TPSA) is 98.5 Å². The van der Waals surface area contributed by atoms with Gasteiger partial charge in [0.2, 0.25) is 10.0 Å². The fraction of sp³-hybridized carbons (Fsp3) is 0.200. The van der Waals surface area contributed by atoms with E-state index in [2.05, 4.69) is 4.72 Å². The second-order valence-corrected chi connectivity index (χ2v) is 6.64. The summed E-state index contributed by atoms with van der Waals surface area (Å²) in [7, 11) is -2.12. The molecule has 7 nitrogen and oxygen atoms in total. The van der Waals surface area contributed by atoms with Crippen molar-refractivity contribution in [2.45, 2.75) is 12.4 Å². The fourth-order valence-corrected chi connectivity index (χ4v) is 3.26. The minimum atomic E-state index is -3.68. The zero-order valence-corrected chi connectivity index (χ0v) is 13.2. The Hall–Kier alpha value is -2.45. The van der Waals surface area contributed by atoms with Gasteiger partial charge >= 0.3 is 0 Å². The number of sulfonamides is 1. The Morgan fingerprint density at radius 1 is 1.13 bits per heavy atom. The smallest absolute Gasteiger partial charge is 0.269 e. The van der Waals surface area contributed by atoms with Crippen LogP contribution >= 0.6 is 0 Å². The standard InChI is InChI=1S/C15H16N2O5S/c1-22-10-12-4-2-6-14(8-12)16-23(20,21)11-13-5-3-7-15(9-13)17(18)19/h2-9,16H,10-11H2,1H3. The van der Waals surface area contributed by atoms with Crippen LogP contribution in [0.2, 0.25) is 0 Å². The Labute approximate surface area is 134 Å². The Kier molecular flexibility index (Phi) is 5.30. The first-order valence-corrected chi connectivity index (χ1v) is 8.36. The van der Waals surface area contributed by atoms with E-state index < -0.39 is 14.9 Å². The number of ether oxygens (including phenoxy) is 1. The third kappa shape index (κ3) is 5.04. The number of hydrogen-bond acceptors (Lipinski definition) is 5. The minimum absolute atomic E-state index is 0.139. The van der Waals surface area contributed by atoms with Gasteiger partial charge in [0.15, 0.2) is 0 Å². The number of anilines is 1. The highest BCUT2D eigenvalue weighted by molar-refractivity contribution is 7.91. The summed E-state index contributed by atoms with van der Waals surface area (Å²) in [6.45, 7) is 0.375. The molecule has 0 heterocycles. The van der Waals surface area contributed by atoms with Gasteiger partial charge in [-0.05, 0) is 23.3 Å². The largest absolute Gasteiger partial charge is 0.380 e. The van der Waals surface area contributed by atoms with Gasteiger partial charge in [-0.2, -0.15) is 0 Å². The first-order chi connectivity index (χ1) is 10.9. The van der Waals surface area contributed by atoms with Gasteiger partial charge in [-0.3, -0.25) is 14.8 Å². The first-order valence-electron chi connectivity index (χ1n) is 6.71. The molecule has 8 heteroatoms. The molecular formula is C15H16N2O5S. The van der Waals surface area contributed by atoms with Crippen LogP contribution in [0.1, 0.15) is 11.1 Å². The van der Waals surface area contributed by atoms with Crippen LogP contribution in [0.4, 0.5) is 11.4 Å². The van der Waals surface area contributed by atoms with Gasteiger partial charge in [0.25, 0.3) is 5.69 Å². The van der Waals surface area contributed by atoms with Crippen molar-refractivity contribution in [1.29, 1.82) is 0 Å². The lowest BCUT2D eigenvalue weighted by atomic mass is 10.2. The van der Waals surface area contributed by atoms with E-state index in [0.717, 1.165) is 5.56 Å². The molecule has 2 aromatic rings. The number of benzene rings is 2. The molecule has 0 atom stereocenters. The maximum atomic E-state index is 12.2. The lowest BCUT2D eigenvalue weighted by molar-refractivity contribution is -0.384. The predicted molar refractivity (Wildman–Crippen MR) is 86.5 cm³/mol. The fourth-order valence-electron chi connectivity index (χ4n) is 2.09. The lowest BCUT2D eigenvalue weighted by Crippen LogP contribution is -2.15. The van der Waals surface area contributed by atoms with E-state index in [0.29, 0.717) is 17.9 Å². The molecule has 0 spiro atoms. The van der Waals surface area contributed by atoms with Crippen molar-refractivity contribution >= 4 is 21.4 Å². The molecule has 0 unspecified atom stereocenters. The number of hydrogen-bond donors (Lipinski definition) is 1. The molecule has 0 saturated carbocycles. The van der Waals surface area contributed by atoms with E-state index in [1.54, 1.807) is 25.3 Å². The Morgan fingerprint density at radius 3 is 2.52 bits per heavy atom. The summed E-state index contributed by atoms with van der Waals surface area (Å²) in [6.07, 6.45) is 0. The molecule has 0 fully saturated rings. The average Bonchev–Trinajstić information content (AvgIpc) is 2.47. The number of methoxy groups -OCH3 is 1. The second kappa shape index (κ2) is 7.21. The molecule has 0 saturated heterocycles. The number of nitrogens with zero attached hydrogens (tertiary/aromatic N) is 1. The van der Waals surface area contributed by atoms with E-state index in [4.69, 9.17) is 4.74 Å². The number of rotatable bonds is 7. The Balaban J connectivity index is 2.14.